The van der Waals surface area contributed by atoms with E-state index in [1.165, 1.54) is 12.5 Å². The summed E-state index contributed by atoms with van der Waals surface area (Å²) in [5.41, 5.74) is 0.235. The summed E-state index contributed by atoms with van der Waals surface area (Å²) in [6.45, 7) is 2.16. The average Bonchev–Trinajstić information content (AvgIpc) is 2.31. The van der Waals surface area contributed by atoms with E-state index in [0.717, 1.165) is 23.7 Å². The zero-order valence-corrected chi connectivity index (χ0v) is 11.5. The van der Waals surface area contributed by atoms with Crippen molar-refractivity contribution in [3.8, 4) is 0 Å². The summed E-state index contributed by atoms with van der Waals surface area (Å²) in [6.07, 6.45) is 4.05. The summed E-state index contributed by atoms with van der Waals surface area (Å²) >= 11 is 3.28. The fourth-order valence-corrected chi connectivity index (χ4v) is 2.94. The van der Waals surface area contributed by atoms with E-state index in [4.69, 9.17) is 0 Å². The molecule has 92 valence electrons. The summed E-state index contributed by atoms with van der Waals surface area (Å²) in [4.78, 5) is 12.3. The molecule has 1 saturated carbocycles. The van der Waals surface area contributed by atoms with Crippen LogP contribution in [0.2, 0.25) is 0 Å². The second kappa shape index (κ2) is 5.30. The van der Waals surface area contributed by atoms with Gasteiger partial charge in [0.2, 0.25) is 0 Å². The number of rotatable bonds is 2. The maximum Gasteiger partial charge on any atom is 0.168 e. The Kier molecular flexibility index (Phi) is 3.97. The van der Waals surface area contributed by atoms with Crippen LogP contribution in [-0.2, 0) is 0 Å². The van der Waals surface area contributed by atoms with Gasteiger partial charge >= 0.3 is 0 Å². The van der Waals surface area contributed by atoms with E-state index < -0.39 is 5.82 Å². The Hall–Kier alpha value is -0.700. The Bertz CT molecular complexity index is 430. The average molecular weight is 299 g/mol. The summed E-state index contributed by atoms with van der Waals surface area (Å²) in [7, 11) is 0. The highest BCUT2D eigenvalue weighted by Crippen LogP contribution is 2.32. The molecule has 1 aliphatic rings. The van der Waals surface area contributed by atoms with Gasteiger partial charge in [0.1, 0.15) is 5.82 Å². The number of hydrogen-bond donors (Lipinski definition) is 0. The highest BCUT2D eigenvalue weighted by Gasteiger charge is 2.27. The Labute approximate surface area is 110 Å². The molecular weight excluding hydrogens is 283 g/mol. The molecule has 3 heteroatoms. The highest BCUT2D eigenvalue weighted by molar-refractivity contribution is 9.10. The third-order valence-electron chi connectivity index (χ3n) is 3.50. The quantitative estimate of drug-likeness (QED) is 0.730. The molecule has 0 bridgehead atoms. The lowest BCUT2D eigenvalue weighted by molar-refractivity contribution is 0.0864. The zero-order valence-electron chi connectivity index (χ0n) is 9.88. The van der Waals surface area contributed by atoms with Crippen LogP contribution in [0.3, 0.4) is 0 Å². The second-order valence-corrected chi connectivity index (χ2v) is 5.87. The van der Waals surface area contributed by atoms with E-state index in [-0.39, 0.29) is 17.3 Å². The summed E-state index contributed by atoms with van der Waals surface area (Å²) < 4.78 is 14.4. The van der Waals surface area contributed by atoms with Crippen molar-refractivity contribution in [3.05, 3.63) is 34.1 Å². The van der Waals surface area contributed by atoms with Gasteiger partial charge in [-0.3, -0.25) is 4.79 Å². The number of Topliss-reactive ketones (excluding diaryl/α,β-unsaturated/α-hetero) is 1. The molecule has 2 unspecified atom stereocenters. The van der Waals surface area contributed by atoms with Crippen molar-refractivity contribution in [2.24, 2.45) is 11.8 Å². The Morgan fingerprint density at radius 2 is 2.18 bits per heavy atom. The summed E-state index contributed by atoms with van der Waals surface area (Å²) in [5.74, 6) is 0.141. The van der Waals surface area contributed by atoms with E-state index in [1.807, 2.05) is 0 Å². The van der Waals surface area contributed by atoms with Crippen molar-refractivity contribution < 1.29 is 9.18 Å². The van der Waals surface area contributed by atoms with Gasteiger partial charge in [-0.1, -0.05) is 35.7 Å². The Balaban J connectivity index is 2.21. The standard InChI is InChI=1S/C14H16BrFO/c1-9-3-2-4-10(7-9)14(17)12-8-11(15)5-6-13(12)16/h5-6,8-10H,2-4,7H2,1H3. The zero-order chi connectivity index (χ0) is 12.4. The van der Waals surface area contributed by atoms with Crippen molar-refractivity contribution in [2.45, 2.75) is 32.6 Å². The van der Waals surface area contributed by atoms with E-state index in [2.05, 4.69) is 22.9 Å². The molecule has 1 aliphatic carbocycles. The Morgan fingerprint density at radius 1 is 1.41 bits per heavy atom. The van der Waals surface area contributed by atoms with Crippen LogP contribution in [0, 0.1) is 17.7 Å². The van der Waals surface area contributed by atoms with Gasteiger partial charge < -0.3 is 0 Å². The van der Waals surface area contributed by atoms with Gasteiger partial charge in [0.25, 0.3) is 0 Å². The third-order valence-corrected chi connectivity index (χ3v) is 3.99. The lowest BCUT2D eigenvalue weighted by atomic mass is 9.79. The molecule has 17 heavy (non-hydrogen) atoms. The molecule has 1 aromatic rings. The topological polar surface area (TPSA) is 17.1 Å². The minimum absolute atomic E-state index is 0.00236. The van der Waals surface area contributed by atoms with Crippen molar-refractivity contribution in [3.63, 3.8) is 0 Å². The lowest BCUT2D eigenvalue weighted by Crippen LogP contribution is -2.22. The molecule has 0 aliphatic heterocycles. The van der Waals surface area contributed by atoms with Crippen molar-refractivity contribution in [1.29, 1.82) is 0 Å². The first kappa shape index (κ1) is 12.7. The molecule has 0 spiro atoms. The second-order valence-electron chi connectivity index (χ2n) is 4.96. The van der Waals surface area contributed by atoms with Crippen LogP contribution in [0.4, 0.5) is 4.39 Å². The molecule has 2 atom stereocenters. The van der Waals surface area contributed by atoms with Crippen LogP contribution < -0.4 is 0 Å². The monoisotopic (exact) mass is 298 g/mol. The highest BCUT2D eigenvalue weighted by atomic mass is 79.9. The number of halogens is 2. The van der Waals surface area contributed by atoms with Gasteiger partial charge in [0.15, 0.2) is 5.78 Å². The first-order chi connectivity index (χ1) is 8.08. The van der Waals surface area contributed by atoms with Crippen LogP contribution in [0.5, 0.6) is 0 Å². The molecule has 0 saturated heterocycles. The molecule has 0 heterocycles. The van der Waals surface area contributed by atoms with Gasteiger partial charge in [0.05, 0.1) is 5.56 Å². The third kappa shape index (κ3) is 2.95. The van der Waals surface area contributed by atoms with E-state index in [9.17, 15) is 9.18 Å². The van der Waals surface area contributed by atoms with Crippen LogP contribution >= 0.6 is 15.9 Å². The van der Waals surface area contributed by atoms with Crippen LogP contribution in [0.25, 0.3) is 0 Å². The minimum Gasteiger partial charge on any atom is -0.294 e. The summed E-state index contributed by atoms with van der Waals surface area (Å²) in [5, 5.41) is 0. The smallest absolute Gasteiger partial charge is 0.168 e. The molecule has 0 aromatic heterocycles. The molecular formula is C14H16BrFO. The fraction of sp³-hybridized carbons (Fsp3) is 0.500. The molecule has 0 radical (unpaired) electrons. The lowest BCUT2D eigenvalue weighted by Gasteiger charge is -2.25. The van der Waals surface area contributed by atoms with Gasteiger partial charge in [-0.2, -0.15) is 0 Å². The van der Waals surface area contributed by atoms with Crippen LogP contribution in [0.1, 0.15) is 43.0 Å². The number of benzene rings is 1. The number of carbonyl (C=O) groups is 1. The molecule has 1 nitrogen and oxygen atoms in total. The van der Waals surface area contributed by atoms with Crippen molar-refractivity contribution in [1.82, 2.24) is 0 Å². The maximum atomic E-state index is 13.6. The minimum atomic E-state index is -0.406. The molecule has 2 rings (SSSR count). The van der Waals surface area contributed by atoms with E-state index in [0.29, 0.717) is 5.92 Å². The molecule has 1 aromatic carbocycles. The van der Waals surface area contributed by atoms with Crippen molar-refractivity contribution >= 4 is 21.7 Å². The molecule has 1 fully saturated rings. The van der Waals surface area contributed by atoms with Gasteiger partial charge in [-0.05, 0) is 37.0 Å². The van der Waals surface area contributed by atoms with Crippen molar-refractivity contribution in [2.75, 3.05) is 0 Å². The molecule has 0 N–H and O–H groups in total. The molecule has 0 amide bonds. The van der Waals surface area contributed by atoms with E-state index in [1.54, 1.807) is 12.1 Å². The van der Waals surface area contributed by atoms with Gasteiger partial charge in [-0.15, -0.1) is 0 Å². The fourth-order valence-electron chi connectivity index (χ4n) is 2.58. The van der Waals surface area contributed by atoms with Crippen LogP contribution in [0.15, 0.2) is 22.7 Å². The number of hydrogen-bond acceptors (Lipinski definition) is 1. The first-order valence-corrected chi connectivity index (χ1v) is 6.86. The normalized spacial score (nSPS) is 24.6. The number of carbonyl (C=O) groups excluding carboxylic acids is 1. The largest absolute Gasteiger partial charge is 0.294 e. The summed E-state index contributed by atoms with van der Waals surface area (Å²) in [6, 6.07) is 4.57. The Morgan fingerprint density at radius 3 is 2.88 bits per heavy atom. The predicted molar refractivity (Wildman–Crippen MR) is 69.6 cm³/mol. The first-order valence-electron chi connectivity index (χ1n) is 6.07. The predicted octanol–water partition coefficient (Wildman–Crippen LogP) is 4.60. The number of ketones is 1. The SMILES string of the molecule is CC1CCCC(C(=O)c2cc(Br)ccc2F)C1. The maximum absolute atomic E-state index is 13.6. The van der Waals surface area contributed by atoms with Crippen LogP contribution in [-0.4, -0.2) is 5.78 Å². The van der Waals surface area contributed by atoms with E-state index >= 15 is 0 Å². The van der Waals surface area contributed by atoms with Gasteiger partial charge in [-0.25, -0.2) is 4.39 Å². The van der Waals surface area contributed by atoms with Gasteiger partial charge in [0, 0.05) is 10.4 Å².